The summed E-state index contributed by atoms with van der Waals surface area (Å²) in [5, 5.41) is 3.11. The molecular weight excluding hydrogens is 623 g/mol. The number of para-hydroxylation sites is 1. The zero-order chi connectivity index (χ0) is 33.2. The Bertz CT molecular complexity index is 2170. The maximum atomic E-state index is 6.71. The van der Waals surface area contributed by atoms with Gasteiger partial charge in [0, 0.05) is 46.0 Å². The van der Waals surface area contributed by atoms with Gasteiger partial charge in [0.15, 0.2) is 0 Å². The number of fused-ring (bicyclic) bond motifs is 7. The molecule has 2 heterocycles. The van der Waals surface area contributed by atoms with Crippen molar-refractivity contribution in [3.8, 4) is 5.75 Å². The van der Waals surface area contributed by atoms with Crippen LogP contribution in [0.3, 0.4) is 0 Å². The first-order valence-electron chi connectivity index (χ1n) is 18.7. The highest BCUT2D eigenvalue weighted by atomic mass is 28.3. The third kappa shape index (κ3) is 4.97. The lowest BCUT2D eigenvalue weighted by atomic mass is 9.80. The molecule has 6 unspecified atom stereocenters. The normalized spacial score (nSPS) is 29.5. The smallest absolute Gasteiger partial charge is 0.130 e. The molecule has 2 aromatic rings. The molecule has 8 aliphatic rings. The van der Waals surface area contributed by atoms with Crippen LogP contribution in [0.4, 0.5) is 5.69 Å². The van der Waals surface area contributed by atoms with Crippen molar-refractivity contribution in [3.63, 3.8) is 0 Å². The molecule has 246 valence electrons. The zero-order valence-electron chi connectivity index (χ0n) is 28.7. The quantitative estimate of drug-likeness (QED) is 0.295. The molecule has 6 atom stereocenters. The molecule has 2 aromatic carbocycles. The first-order chi connectivity index (χ1) is 24.7. The van der Waals surface area contributed by atoms with Gasteiger partial charge in [-0.25, -0.2) is 0 Å². The summed E-state index contributed by atoms with van der Waals surface area (Å²) in [6.07, 6.45) is 45.5. The lowest BCUT2D eigenvalue weighted by Gasteiger charge is -2.33. The van der Waals surface area contributed by atoms with E-state index in [2.05, 4.69) is 157 Å². The molecule has 0 saturated carbocycles. The SMILES string of the molecule is C[SiH]1C2=CCC3C(=C2c2cc(N(C4=CCC(C5=CCC6C=CC=CC6=C5)C=C4)C4=CCC(C5C=CC=CC5)C=C4)ccc21)Oc1ccccc13. The molecule has 0 amide bonds. The zero-order valence-corrected chi connectivity index (χ0v) is 29.9. The molecule has 0 N–H and O–H groups in total. The van der Waals surface area contributed by atoms with Gasteiger partial charge in [-0.3, -0.25) is 0 Å². The van der Waals surface area contributed by atoms with Crippen LogP contribution < -0.4 is 14.8 Å². The van der Waals surface area contributed by atoms with Crippen molar-refractivity contribution < 1.29 is 4.74 Å². The number of hydrogen-bond donors (Lipinski definition) is 0. The molecule has 0 spiro atoms. The summed E-state index contributed by atoms with van der Waals surface area (Å²) < 4.78 is 6.71. The van der Waals surface area contributed by atoms with E-state index in [1.54, 1.807) is 10.4 Å². The highest BCUT2D eigenvalue weighted by Gasteiger charge is 2.41. The lowest BCUT2D eigenvalue weighted by Crippen LogP contribution is -2.27. The second-order valence-electron chi connectivity index (χ2n) is 15.0. The Morgan fingerprint density at radius 3 is 2.36 bits per heavy atom. The Hall–Kier alpha value is -4.86. The van der Waals surface area contributed by atoms with E-state index in [-0.39, 0.29) is 0 Å². The molecule has 10 rings (SSSR count). The highest BCUT2D eigenvalue weighted by Crippen LogP contribution is 2.52. The van der Waals surface area contributed by atoms with Gasteiger partial charge in [-0.05, 0) is 91.0 Å². The Balaban J connectivity index is 1.01. The number of anilines is 1. The van der Waals surface area contributed by atoms with E-state index >= 15 is 0 Å². The van der Waals surface area contributed by atoms with Crippen LogP contribution in [-0.2, 0) is 0 Å². The summed E-state index contributed by atoms with van der Waals surface area (Å²) in [6.45, 7) is 2.50. The molecule has 6 aliphatic carbocycles. The van der Waals surface area contributed by atoms with E-state index < -0.39 is 8.80 Å². The minimum Gasteiger partial charge on any atom is -0.460 e. The van der Waals surface area contributed by atoms with Gasteiger partial charge in [-0.2, -0.15) is 0 Å². The molecule has 0 fully saturated rings. The van der Waals surface area contributed by atoms with Crippen LogP contribution in [0.1, 0.15) is 49.1 Å². The monoisotopic (exact) mass is 665 g/mol. The highest BCUT2D eigenvalue weighted by molar-refractivity contribution is 6.84. The van der Waals surface area contributed by atoms with Gasteiger partial charge in [0.25, 0.3) is 0 Å². The van der Waals surface area contributed by atoms with Crippen molar-refractivity contribution in [2.75, 3.05) is 4.90 Å². The second kappa shape index (κ2) is 12.2. The topological polar surface area (TPSA) is 12.5 Å². The summed E-state index contributed by atoms with van der Waals surface area (Å²) >= 11 is 0. The predicted octanol–water partition coefficient (Wildman–Crippen LogP) is 10.4. The first kappa shape index (κ1) is 30.0. The fourth-order valence-electron chi connectivity index (χ4n) is 9.50. The van der Waals surface area contributed by atoms with Crippen LogP contribution in [-0.4, -0.2) is 8.80 Å². The van der Waals surface area contributed by atoms with Gasteiger partial charge in [0.05, 0.1) is 0 Å². The standard InChI is InChI=1S/C47H43NOSi/c1-50-44-27-25-39(30-42(44)46-45(50)28-26-41-40-13-7-8-14-43(40)49-47(41)46)48(37-21-17-33(18-22-37)31-9-3-2-4-10-31)38-23-19-34(20-24-38)36-16-15-32-11-5-6-12-35(32)29-36/h2-9,11-14,16-17,19,21-25,27-34,41,50H,10,15,18,20,26H2,1H3. The van der Waals surface area contributed by atoms with Gasteiger partial charge in [0.1, 0.15) is 20.3 Å². The number of allylic oxidation sites excluding steroid dienone is 22. The summed E-state index contributed by atoms with van der Waals surface area (Å²) in [4.78, 5) is 2.53. The van der Waals surface area contributed by atoms with E-state index in [0.29, 0.717) is 29.6 Å². The van der Waals surface area contributed by atoms with Crippen molar-refractivity contribution in [3.05, 3.63) is 190 Å². The largest absolute Gasteiger partial charge is 0.460 e. The van der Waals surface area contributed by atoms with E-state index in [4.69, 9.17) is 4.74 Å². The van der Waals surface area contributed by atoms with Crippen LogP contribution >= 0.6 is 0 Å². The fraction of sp³-hybridized carbons (Fsp3) is 0.234. The van der Waals surface area contributed by atoms with E-state index in [1.807, 2.05) is 0 Å². The van der Waals surface area contributed by atoms with Crippen molar-refractivity contribution in [2.45, 2.75) is 44.6 Å². The lowest BCUT2D eigenvalue weighted by molar-refractivity contribution is 0.428. The second-order valence-corrected chi connectivity index (χ2v) is 17.7. The van der Waals surface area contributed by atoms with Gasteiger partial charge < -0.3 is 9.64 Å². The maximum Gasteiger partial charge on any atom is 0.130 e. The van der Waals surface area contributed by atoms with Crippen LogP contribution in [0.5, 0.6) is 5.75 Å². The summed E-state index contributed by atoms with van der Waals surface area (Å²) in [5.74, 6) is 4.59. The summed E-state index contributed by atoms with van der Waals surface area (Å²) in [5.41, 5.74) is 10.8. The molecule has 0 aromatic heterocycles. The number of benzene rings is 2. The Kier molecular flexibility index (Phi) is 7.30. The maximum absolute atomic E-state index is 6.71. The average molecular weight is 666 g/mol. The Morgan fingerprint density at radius 1 is 0.700 bits per heavy atom. The van der Waals surface area contributed by atoms with Crippen LogP contribution in [0.2, 0.25) is 6.55 Å². The van der Waals surface area contributed by atoms with Crippen LogP contribution in [0, 0.1) is 23.7 Å². The number of ether oxygens (including phenoxy) is 1. The Labute approximate surface area is 298 Å². The van der Waals surface area contributed by atoms with Gasteiger partial charge in [-0.1, -0.05) is 132 Å². The molecule has 0 radical (unpaired) electrons. The van der Waals surface area contributed by atoms with Gasteiger partial charge in [-0.15, -0.1) is 0 Å². The van der Waals surface area contributed by atoms with E-state index in [9.17, 15) is 0 Å². The minimum absolute atomic E-state index is 0.321. The van der Waals surface area contributed by atoms with Crippen molar-refractivity contribution in [2.24, 2.45) is 23.7 Å². The molecular formula is C47H43NOSi. The van der Waals surface area contributed by atoms with Crippen molar-refractivity contribution in [1.82, 2.24) is 0 Å². The number of hydrogen-bond acceptors (Lipinski definition) is 2. The molecule has 50 heavy (non-hydrogen) atoms. The van der Waals surface area contributed by atoms with Gasteiger partial charge in [0.2, 0.25) is 0 Å². The van der Waals surface area contributed by atoms with Gasteiger partial charge >= 0.3 is 0 Å². The first-order valence-corrected chi connectivity index (χ1v) is 21.0. The average Bonchev–Trinajstić information content (AvgIpc) is 3.70. The number of nitrogens with zero attached hydrogens (tertiary/aromatic N) is 1. The molecule has 0 saturated heterocycles. The fourth-order valence-corrected chi connectivity index (χ4v) is 12.1. The third-order valence-corrected chi connectivity index (χ3v) is 15.1. The molecule has 2 nitrogen and oxygen atoms in total. The molecule has 0 bridgehead atoms. The van der Waals surface area contributed by atoms with Crippen LogP contribution in [0.15, 0.2) is 179 Å². The summed E-state index contributed by atoms with van der Waals surface area (Å²) in [6, 6.07) is 16.0. The Morgan fingerprint density at radius 2 is 1.52 bits per heavy atom. The number of rotatable bonds is 5. The molecule has 2 aliphatic heterocycles. The predicted molar refractivity (Wildman–Crippen MR) is 211 cm³/mol. The van der Waals surface area contributed by atoms with Crippen molar-refractivity contribution >= 4 is 25.2 Å². The summed E-state index contributed by atoms with van der Waals surface area (Å²) in [7, 11) is -1.30. The van der Waals surface area contributed by atoms with Crippen molar-refractivity contribution in [1.29, 1.82) is 0 Å². The minimum atomic E-state index is -1.30. The third-order valence-electron chi connectivity index (χ3n) is 12.3. The van der Waals surface area contributed by atoms with E-state index in [1.165, 1.54) is 50.7 Å². The van der Waals surface area contributed by atoms with Crippen LogP contribution in [0.25, 0.3) is 5.57 Å². The molecule has 3 heteroatoms. The van der Waals surface area contributed by atoms with E-state index in [0.717, 1.165) is 37.9 Å².